The average Bonchev–Trinajstić information content (AvgIpc) is 3.27. The molecule has 0 radical (unpaired) electrons. The summed E-state index contributed by atoms with van der Waals surface area (Å²) in [6.45, 7) is 4.97. The molecule has 1 saturated heterocycles. The first-order valence-electron chi connectivity index (χ1n) is 11.0. The van der Waals surface area contributed by atoms with Crippen LogP contribution in [0.5, 0.6) is 11.5 Å². The minimum absolute atomic E-state index is 0.0431. The molecule has 1 amide bonds. The fraction of sp³-hybridized carbons (Fsp3) is 0.192. The normalized spacial score (nSPS) is 15.9. The van der Waals surface area contributed by atoms with Crippen molar-refractivity contribution >= 4 is 40.0 Å². The molecule has 2 aromatic heterocycles. The van der Waals surface area contributed by atoms with Gasteiger partial charge in [-0.3, -0.25) is 14.5 Å². The van der Waals surface area contributed by atoms with Crippen LogP contribution in [0.15, 0.2) is 73.6 Å². The van der Waals surface area contributed by atoms with Crippen molar-refractivity contribution in [3.05, 3.63) is 83.6 Å². The summed E-state index contributed by atoms with van der Waals surface area (Å²) in [5, 5.41) is 6.75. The highest BCUT2D eigenvalue weighted by atomic mass is 35.5. The predicted octanol–water partition coefficient (Wildman–Crippen LogP) is 6.55. The van der Waals surface area contributed by atoms with E-state index in [-0.39, 0.29) is 11.9 Å². The molecule has 172 valence electrons. The number of hydrogen-bond donors (Lipinski definition) is 0. The van der Waals surface area contributed by atoms with Gasteiger partial charge in [0, 0.05) is 36.4 Å². The molecule has 4 aromatic rings. The summed E-state index contributed by atoms with van der Waals surface area (Å²) in [7, 11) is 0. The van der Waals surface area contributed by atoms with Gasteiger partial charge in [-0.25, -0.2) is 0 Å². The van der Waals surface area contributed by atoms with Crippen LogP contribution in [0.1, 0.15) is 18.9 Å². The third kappa shape index (κ3) is 4.27. The van der Waals surface area contributed by atoms with Gasteiger partial charge in [0.1, 0.15) is 22.2 Å². The van der Waals surface area contributed by atoms with E-state index in [0.29, 0.717) is 28.1 Å². The summed E-state index contributed by atoms with van der Waals surface area (Å²) in [5.41, 5.74) is 2.77. The van der Waals surface area contributed by atoms with Gasteiger partial charge in [-0.05, 0) is 61.4 Å². The van der Waals surface area contributed by atoms with Crippen LogP contribution in [0.25, 0.3) is 22.2 Å². The van der Waals surface area contributed by atoms with E-state index in [2.05, 4.69) is 11.6 Å². The highest BCUT2D eigenvalue weighted by Gasteiger charge is 2.26. The lowest BCUT2D eigenvalue weighted by Gasteiger charge is -2.32. The van der Waals surface area contributed by atoms with Gasteiger partial charge in [0.25, 0.3) is 0 Å². The lowest BCUT2D eigenvalue weighted by Crippen LogP contribution is -2.40. The lowest BCUT2D eigenvalue weighted by atomic mass is 10.1. The summed E-state index contributed by atoms with van der Waals surface area (Å²) < 4.78 is 7.95. The Kier molecular flexibility index (Phi) is 6.26. The molecule has 1 unspecified atom stereocenters. The van der Waals surface area contributed by atoms with Crippen molar-refractivity contribution in [3.8, 4) is 22.8 Å². The Balaban J connectivity index is 1.46. The Morgan fingerprint density at radius 1 is 1.15 bits per heavy atom. The zero-order chi connectivity index (χ0) is 23.7. The molecular weight excluding hydrogens is 471 g/mol. The third-order valence-corrected chi connectivity index (χ3v) is 6.81. The quantitative estimate of drug-likeness (QED) is 0.296. The molecule has 1 aliphatic rings. The van der Waals surface area contributed by atoms with Crippen LogP contribution in [-0.2, 0) is 4.79 Å². The largest absolute Gasteiger partial charge is 0.456 e. The molecule has 1 aliphatic heterocycles. The van der Waals surface area contributed by atoms with Gasteiger partial charge < -0.3 is 9.64 Å². The molecule has 1 fully saturated rings. The second-order valence-corrected chi connectivity index (χ2v) is 8.93. The number of aromatic nitrogens is 3. The molecule has 5 rings (SSSR count). The van der Waals surface area contributed by atoms with E-state index in [4.69, 9.17) is 33.0 Å². The van der Waals surface area contributed by atoms with Crippen molar-refractivity contribution in [1.82, 2.24) is 19.7 Å². The van der Waals surface area contributed by atoms with E-state index in [1.807, 2.05) is 46.1 Å². The third-order valence-electron chi connectivity index (χ3n) is 6.01. The van der Waals surface area contributed by atoms with Crippen molar-refractivity contribution in [1.29, 1.82) is 0 Å². The molecule has 0 bridgehead atoms. The van der Waals surface area contributed by atoms with E-state index in [9.17, 15) is 4.79 Å². The molecule has 1 atom stereocenters. The number of carbonyl (C=O) groups is 1. The maximum absolute atomic E-state index is 12.2. The average molecular weight is 493 g/mol. The van der Waals surface area contributed by atoms with Crippen LogP contribution < -0.4 is 4.74 Å². The highest BCUT2D eigenvalue weighted by Crippen LogP contribution is 2.36. The number of carbonyl (C=O) groups excluding carboxylic acids is 1. The second-order valence-electron chi connectivity index (χ2n) is 8.15. The van der Waals surface area contributed by atoms with Crippen molar-refractivity contribution < 1.29 is 9.53 Å². The number of ether oxygens (including phenoxy) is 1. The van der Waals surface area contributed by atoms with Crippen LogP contribution >= 0.6 is 23.2 Å². The van der Waals surface area contributed by atoms with Gasteiger partial charge in [0.05, 0.1) is 16.6 Å². The Bertz CT molecular complexity index is 1370. The molecule has 6 nitrogen and oxygen atoms in total. The molecule has 0 saturated carbocycles. The number of benzene rings is 2. The molecule has 0 N–H and O–H groups in total. The Labute approximate surface area is 207 Å². The van der Waals surface area contributed by atoms with Gasteiger partial charge in [0.2, 0.25) is 5.91 Å². The number of halogens is 2. The molecule has 0 spiro atoms. The number of nitrogens with zero attached hydrogens (tertiary/aromatic N) is 4. The standard InChI is InChI=1S/C26H22Cl2N4O2/c1-2-24(33)31-14-4-5-18(16-31)32-22-12-13-29-15-20(22)26(30-32)17-8-10-19(11-9-17)34-23-7-3-6-21(27)25(23)28/h2-3,6-13,15,18H,1,4-5,14,16H2. The van der Waals surface area contributed by atoms with E-state index in [1.165, 1.54) is 6.08 Å². The maximum atomic E-state index is 12.2. The molecule has 34 heavy (non-hydrogen) atoms. The van der Waals surface area contributed by atoms with Gasteiger partial charge in [-0.15, -0.1) is 0 Å². The topological polar surface area (TPSA) is 60.2 Å². The highest BCUT2D eigenvalue weighted by molar-refractivity contribution is 6.42. The van der Waals surface area contributed by atoms with Crippen LogP contribution in [-0.4, -0.2) is 38.7 Å². The van der Waals surface area contributed by atoms with Gasteiger partial charge in [-0.2, -0.15) is 5.10 Å². The number of hydrogen-bond acceptors (Lipinski definition) is 4. The second kappa shape index (κ2) is 9.49. The SMILES string of the molecule is C=CC(=O)N1CCCC(n2nc(-c3ccc(Oc4cccc(Cl)c4Cl)cc3)c3cnccc32)C1. The first-order chi connectivity index (χ1) is 16.5. The first-order valence-corrected chi connectivity index (χ1v) is 11.8. The van der Waals surface area contributed by atoms with Crippen molar-refractivity contribution in [3.63, 3.8) is 0 Å². The molecule has 3 heterocycles. The summed E-state index contributed by atoms with van der Waals surface area (Å²) >= 11 is 12.3. The number of amides is 1. The summed E-state index contributed by atoms with van der Waals surface area (Å²) in [4.78, 5) is 18.3. The predicted molar refractivity (Wildman–Crippen MR) is 135 cm³/mol. The smallest absolute Gasteiger partial charge is 0.246 e. The van der Waals surface area contributed by atoms with Crippen molar-refractivity contribution in [2.75, 3.05) is 13.1 Å². The van der Waals surface area contributed by atoms with E-state index >= 15 is 0 Å². The Hall–Kier alpha value is -3.35. The summed E-state index contributed by atoms with van der Waals surface area (Å²) in [5.74, 6) is 1.09. The Morgan fingerprint density at radius 3 is 2.76 bits per heavy atom. The number of rotatable bonds is 5. The fourth-order valence-electron chi connectivity index (χ4n) is 4.33. The molecular formula is C26H22Cl2N4O2. The minimum atomic E-state index is -0.0431. The van der Waals surface area contributed by atoms with Crippen molar-refractivity contribution in [2.45, 2.75) is 18.9 Å². The van der Waals surface area contributed by atoms with Crippen LogP contribution in [0.2, 0.25) is 10.0 Å². The van der Waals surface area contributed by atoms with E-state index in [1.54, 1.807) is 24.4 Å². The van der Waals surface area contributed by atoms with Gasteiger partial charge in [0.15, 0.2) is 0 Å². The summed E-state index contributed by atoms with van der Waals surface area (Å²) in [6.07, 6.45) is 6.85. The van der Waals surface area contributed by atoms with Crippen LogP contribution in [0, 0.1) is 0 Å². The molecule has 2 aromatic carbocycles. The molecule has 8 heteroatoms. The lowest BCUT2D eigenvalue weighted by molar-refractivity contribution is -0.127. The number of pyridine rings is 1. The number of likely N-dealkylation sites (tertiary alicyclic amines) is 1. The zero-order valence-corrected chi connectivity index (χ0v) is 19.8. The van der Waals surface area contributed by atoms with Crippen LogP contribution in [0.3, 0.4) is 0 Å². The number of piperidine rings is 1. The first kappa shape index (κ1) is 22.4. The van der Waals surface area contributed by atoms with E-state index < -0.39 is 0 Å². The van der Waals surface area contributed by atoms with Gasteiger partial charge in [-0.1, -0.05) is 35.8 Å². The fourth-order valence-corrected chi connectivity index (χ4v) is 4.66. The number of fused-ring (bicyclic) bond motifs is 1. The summed E-state index contributed by atoms with van der Waals surface area (Å²) in [6, 6.07) is 15.0. The zero-order valence-electron chi connectivity index (χ0n) is 18.3. The van der Waals surface area contributed by atoms with Crippen molar-refractivity contribution in [2.24, 2.45) is 0 Å². The minimum Gasteiger partial charge on any atom is -0.456 e. The Morgan fingerprint density at radius 2 is 1.97 bits per heavy atom. The maximum Gasteiger partial charge on any atom is 0.246 e. The van der Waals surface area contributed by atoms with E-state index in [0.717, 1.165) is 41.5 Å². The molecule has 0 aliphatic carbocycles. The van der Waals surface area contributed by atoms with Crippen LogP contribution in [0.4, 0.5) is 0 Å². The van der Waals surface area contributed by atoms with Gasteiger partial charge >= 0.3 is 0 Å². The monoisotopic (exact) mass is 492 g/mol.